The number of hydrogen-bond donors (Lipinski definition) is 1. The second kappa shape index (κ2) is 9.17. The van der Waals surface area contributed by atoms with Crippen molar-refractivity contribution < 1.29 is 18.7 Å². The van der Waals surface area contributed by atoms with Crippen LogP contribution in [0.3, 0.4) is 0 Å². The fourth-order valence-corrected chi connectivity index (χ4v) is 3.31. The van der Waals surface area contributed by atoms with E-state index >= 15 is 0 Å². The molecule has 2 heterocycles. The van der Waals surface area contributed by atoms with E-state index in [1.54, 1.807) is 19.2 Å². The Morgan fingerprint density at radius 1 is 1.07 bits per heavy atom. The van der Waals surface area contributed by atoms with Gasteiger partial charge < -0.3 is 23.8 Å². The number of fused-ring (bicyclic) bond motifs is 1. The largest absolute Gasteiger partial charge is 0.493 e. The smallest absolute Gasteiger partial charge is 0.287 e. The van der Waals surface area contributed by atoms with Crippen LogP contribution in [-0.2, 0) is 13.1 Å². The molecule has 0 radical (unpaired) electrons. The summed E-state index contributed by atoms with van der Waals surface area (Å²) in [5.74, 6) is 2.24. The summed E-state index contributed by atoms with van der Waals surface area (Å²) >= 11 is 0. The molecule has 0 saturated carbocycles. The van der Waals surface area contributed by atoms with Crippen LogP contribution in [0.2, 0.25) is 0 Å². The third-order valence-corrected chi connectivity index (χ3v) is 4.74. The van der Waals surface area contributed by atoms with Crippen LogP contribution in [0.4, 0.5) is 0 Å². The summed E-state index contributed by atoms with van der Waals surface area (Å²) in [7, 11) is 1.63. The van der Waals surface area contributed by atoms with Gasteiger partial charge in [-0.15, -0.1) is 0 Å². The minimum absolute atomic E-state index is 0.266. The van der Waals surface area contributed by atoms with Gasteiger partial charge in [-0.25, -0.2) is 4.98 Å². The molecule has 4 aromatic rings. The number of ether oxygens (including phenoxy) is 2. The highest BCUT2D eigenvalue weighted by Gasteiger charge is 2.13. The molecule has 0 aliphatic carbocycles. The number of carbonyl (C=O) groups excluding carboxylic acids is 1. The van der Waals surface area contributed by atoms with Crippen LogP contribution in [0.15, 0.2) is 71.3 Å². The number of para-hydroxylation sites is 4. The van der Waals surface area contributed by atoms with Crippen molar-refractivity contribution >= 4 is 16.9 Å². The monoisotopic (exact) mass is 405 g/mol. The lowest BCUT2D eigenvalue weighted by Crippen LogP contribution is -2.24. The van der Waals surface area contributed by atoms with Crippen molar-refractivity contribution in [3.63, 3.8) is 0 Å². The number of imidazole rings is 1. The first-order chi connectivity index (χ1) is 14.8. The van der Waals surface area contributed by atoms with Crippen LogP contribution in [-0.4, -0.2) is 29.2 Å². The summed E-state index contributed by atoms with van der Waals surface area (Å²) in [4.78, 5) is 16.9. The van der Waals surface area contributed by atoms with Gasteiger partial charge in [-0.05, 0) is 42.8 Å². The van der Waals surface area contributed by atoms with Gasteiger partial charge in [0, 0.05) is 6.54 Å². The van der Waals surface area contributed by atoms with Gasteiger partial charge in [-0.1, -0.05) is 24.3 Å². The number of rotatable bonds is 9. The molecule has 0 aliphatic rings. The van der Waals surface area contributed by atoms with Crippen molar-refractivity contribution in [1.82, 2.24) is 14.9 Å². The Morgan fingerprint density at radius 2 is 1.87 bits per heavy atom. The maximum Gasteiger partial charge on any atom is 0.287 e. The number of aromatic nitrogens is 2. The van der Waals surface area contributed by atoms with E-state index in [9.17, 15) is 4.79 Å². The fourth-order valence-electron chi connectivity index (χ4n) is 3.31. The number of methoxy groups -OCH3 is 1. The molecule has 0 fully saturated rings. The summed E-state index contributed by atoms with van der Waals surface area (Å²) in [5, 5.41) is 2.87. The van der Waals surface area contributed by atoms with Crippen molar-refractivity contribution in [3.05, 3.63) is 78.5 Å². The number of hydrogen-bond acceptors (Lipinski definition) is 5. The van der Waals surface area contributed by atoms with E-state index in [0.717, 1.165) is 29.0 Å². The molecule has 2 aromatic heterocycles. The third-order valence-electron chi connectivity index (χ3n) is 4.74. The summed E-state index contributed by atoms with van der Waals surface area (Å²) in [5.41, 5.74) is 1.92. The number of amides is 1. The Hall–Kier alpha value is -3.74. The molecule has 30 heavy (non-hydrogen) atoms. The van der Waals surface area contributed by atoms with Crippen molar-refractivity contribution in [1.29, 1.82) is 0 Å². The second-order valence-corrected chi connectivity index (χ2v) is 6.68. The zero-order valence-corrected chi connectivity index (χ0v) is 16.7. The first kappa shape index (κ1) is 19.6. The third kappa shape index (κ3) is 4.30. The van der Waals surface area contributed by atoms with E-state index in [0.29, 0.717) is 25.4 Å². The topological polar surface area (TPSA) is 78.5 Å². The number of benzene rings is 2. The number of carbonyl (C=O) groups is 1. The first-order valence-electron chi connectivity index (χ1n) is 9.78. The molecule has 0 atom stereocenters. The molecule has 1 N–H and O–H groups in total. The SMILES string of the molecule is COc1ccccc1OCCCn1c(CNC(=O)c2ccco2)nc2ccccc21. The standard InChI is InChI=1S/C23H23N3O4/c1-28-19-10-4-5-11-20(19)29-15-7-13-26-18-9-3-2-8-17(18)25-22(26)16-24-23(27)21-12-6-14-30-21/h2-6,8-12,14H,7,13,15-16H2,1H3,(H,24,27). The first-order valence-corrected chi connectivity index (χ1v) is 9.78. The van der Waals surface area contributed by atoms with Gasteiger partial charge in [-0.2, -0.15) is 0 Å². The number of nitrogens with zero attached hydrogens (tertiary/aromatic N) is 2. The predicted octanol–water partition coefficient (Wildman–Crippen LogP) is 4.04. The van der Waals surface area contributed by atoms with Crippen LogP contribution in [0.25, 0.3) is 11.0 Å². The van der Waals surface area contributed by atoms with Crippen molar-refractivity contribution in [2.24, 2.45) is 0 Å². The summed E-state index contributed by atoms with van der Waals surface area (Å²) in [6.07, 6.45) is 2.25. The van der Waals surface area contributed by atoms with E-state index in [1.807, 2.05) is 48.5 Å². The van der Waals surface area contributed by atoms with Crippen molar-refractivity contribution in [2.75, 3.05) is 13.7 Å². The van der Waals surface area contributed by atoms with Gasteiger partial charge >= 0.3 is 0 Å². The van der Waals surface area contributed by atoms with Gasteiger partial charge in [0.2, 0.25) is 0 Å². The van der Waals surface area contributed by atoms with Crippen molar-refractivity contribution in [2.45, 2.75) is 19.5 Å². The average molecular weight is 405 g/mol. The van der Waals surface area contributed by atoms with Gasteiger partial charge in [0.25, 0.3) is 5.91 Å². The molecule has 0 saturated heterocycles. The van der Waals surface area contributed by atoms with Gasteiger partial charge in [0.15, 0.2) is 17.3 Å². The highest BCUT2D eigenvalue weighted by Crippen LogP contribution is 2.26. The molecule has 0 spiro atoms. The van der Waals surface area contributed by atoms with Crippen molar-refractivity contribution in [3.8, 4) is 11.5 Å². The lowest BCUT2D eigenvalue weighted by atomic mass is 10.3. The van der Waals surface area contributed by atoms with E-state index in [2.05, 4.69) is 14.9 Å². The Labute approximate surface area is 174 Å². The van der Waals surface area contributed by atoms with E-state index in [1.165, 1.54) is 6.26 Å². The molecule has 154 valence electrons. The Kier molecular flexibility index (Phi) is 5.98. The minimum atomic E-state index is -0.266. The Bertz CT molecular complexity index is 1120. The van der Waals surface area contributed by atoms with Crippen LogP contribution >= 0.6 is 0 Å². The van der Waals surface area contributed by atoms with Gasteiger partial charge in [0.05, 0.1) is 37.6 Å². The number of aryl methyl sites for hydroxylation is 1. The lowest BCUT2D eigenvalue weighted by molar-refractivity contribution is 0.0921. The summed E-state index contributed by atoms with van der Waals surface area (Å²) in [6, 6.07) is 18.8. The molecular weight excluding hydrogens is 382 g/mol. The normalized spacial score (nSPS) is 10.8. The van der Waals surface area contributed by atoms with E-state index in [-0.39, 0.29) is 11.7 Å². The minimum Gasteiger partial charge on any atom is -0.493 e. The molecule has 0 aliphatic heterocycles. The molecule has 7 heteroatoms. The average Bonchev–Trinajstić information content (AvgIpc) is 3.44. The van der Waals surface area contributed by atoms with Crippen LogP contribution in [0, 0.1) is 0 Å². The Balaban J connectivity index is 1.43. The number of nitrogens with one attached hydrogen (secondary N) is 1. The Morgan fingerprint density at radius 3 is 2.67 bits per heavy atom. The molecular formula is C23H23N3O4. The fraction of sp³-hybridized carbons (Fsp3) is 0.217. The molecule has 7 nitrogen and oxygen atoms in total. The maximum absolute atomic E-state index is 12.2. The lowest BCUT2D eigenvalue weighted by Gasteiger charge is -2.12. The summed E-state index contributed by atoms with van der Waals surface area (Å²) in [6.45, 7) is 1.55. The highest BCUT2D eigenvalue weighted by molar-refractivity contribution is 5.91. The second-order valence-electron chi connectivity index (χ2n) is 6.68. The molecule has 1 amide bonds. The maximum atomic E-state index is 12.2. The quantitative estimate of drug-likeness (QED) is 0.425. The predicted molar refractivity (Wildman–Crippen MR) is 113 cm³/mol. The number of furan rings is 1. The van der Waals surface area contributed by atoms with E-state index in [4.69, 9.17) is 13.9 Å². The van der Waals surface area contributed by atoms with Gasteiger partial charge in [0.1, 0.15) is 5.82 Å². The molecule has 2 aromatic carbocycles. The van der Waals surface area contributed by atoms with Gasteiger partial charge in [-0.3, -0.25) is 4.79 Å². The van der Waals surface area contributed by atoms with Crippen LogP contribution in [0.5, 0.6) is 11.5 Å². The van der Waals surface area contributed by atoms with Crippen LogP contribution < -0.4 is 14.8 Å². The molecule has 4 rings (SSSR count). The molecule has 0 unspecified atom stereocenters. The summed E-state index contributed by atoms with van der Waals surface area (Å²) < 4.78 is 18.5. The highest BCUT2D eigenvalue weighted by atomic mass is 16.5. The van der Waals surface area contributed by atoms with Crippen LogP contribution in [0.1, 0.15) is 22.8 Å². The van der Waals surface area contributed by atoms with E-state index < -0.39 is 0 Å². The molecule has 0 bridgehead atoms. The zero-order valence-electron chi connectivity index (χ0n) is 16.7. The zero-order chi connectivity index (χ0) is 20.8.